The van der Waals surface area contributed by atoms with Crippen LogP contribution in [-0.4, -0.2) is 25.6 Å². The molecule has 2 N–H and O–H groups in total. The lowest BCUT2D eigenvalue weighted by Gasteiger charge is -2.13. The van der Waals surface area contributed by atoms with E-state index in [0.717, 1.165) is 30.2 Å². The van der Waals surface area contributed by atoms with Gasteiger partial charge in [0.25, 0.3) is 0 Å². The maximum absolute atomic E-state index is 11.8. The van der Waals surface area contributed by atoms with Gasteiger partial charge in [0.05, 0.1) is 13.2 Å². The van der Waals surface area contributed by atoms with Crippen molar-refractivity contribution >= 4 is 5.91 Å². The molecular formula is C18H28N2O2. The van der Waals surface area contributed by atoms with Crippen molar-refractivity contribution in [2.75, 3.05) is 19.7 Å². The van der Waals surface area contributed by atoms with Crippen molar-refractivity contribution in [1.29, 1.82) is 0 Å². The molecule has 2 rings (SSSR count). The van der Waals surface area contributed by atoms with Crippen molar-refractivity contribution in [2.24, 2.45) is 11.8 Å². The summed E-state index contributed by atoms with van der Waals surface area (Å²) in [5.74, 6) is 2.33. The maximum Gasteiger partial charge on any atom is 0.234 e. The number of rotatable bonds is 10. The molecule has 22 heavy (non-hydrogen) atoms. The Morgan fingerprint density at radius 2 is 2.09 bits per heavy atom. The second-order valence-corrected chi connectivity index (χ2v) is 6.49. The van der Waals surface area contributed by atoms with Gasteiger partial charge in [-0.1, -0.05) is 32.0 Å². The van der Waals surface area contributed by atoms with E-state index in [2.05, 4.69) is 24.5 Å². The second kappa shape index (κ2) is 8.79. The Kier molecular flexibility index (Phi) is 6.72. The average Bonchev–Trinajstić information content (AvgIpc) is 3.30. The fourth-order valence-electron chi connectivity index (χ4n) is 2.16. The summed E-state index contributed by atoms with van der Waals surface area (Å²) in [7, 11) is 0. The van der Waals surface area contributed by atoms with Crippen LogP contribution in [0.3, 0.4) is 0 Å². The van der Waals surface area contributed by atoms with Crippen LogP contribution in [-0.2, 0) is 11.3 Å². The average molecular weight is 304 g/mol. The van der Waals surface area contributed by atoms with Crippen molar-refractivity contribution in [3.8, 4) is 5.75 Å². The zero-order chi connectivity index (χ0) is 15.8. The van der Waals surface area contributed by atoms with E-state index in [1.54, 1.807) is 0 Å². The first-order valence-electron chi connectivity index (χ1n) is 8.33. The van der Waals surface area contributed by atoms with Crippen LogP contribution in [0.2, 0.25) is 0 Å². The minimum atomic E-state index is 0.0395. The van der Waals surface area contributed by atoms with Crippen LogP contribution in [0.5, 0.6) is 5.75 Å². The largest absolute Gasteiger partial charge is 0.493 e. The third-order valence-electron chi connectivity index (χ3n) is 3.82. The predicted molar refractivity (Wildman–Crippen MR) is 88.8 cm³/mol. The molecule has 0 aromatic heterocycles. The van der Waals surface area contributed by atoms with Gasteiger partial charge in [0, 0.05) is 12.1 Å². The Morgan fingerprint density at radius 1 is 1.32 bits per heavy atom. The van der Waals surface area contributed by atoms with Gasteiger partial charge in [0.15, 0.2) is 0 Å². The first-order chi connectivity index (χ1) is 10.6. The van der Waals surface area contributed by atoms with Gasteiger partial charge in [0.2, 0.25) is 5.91 Å². The van der Waals surface area contributed by atoms with E-state index >= 15 is 0 Å². The Hall–Kier alpha value is -1.55. The number of carbonyl (C=O) groups excluding carboxylic acids is 1. The van der Waals surface area contributed by atoms with E-state index in [0.29, 0.717) is 25.6 Å². The van der Waals surface area contributed by atoms with Crippen LogP contribution in [0.25, 0.3) is 0 Å². The molecule has 0 aliphatic heterocycles. The SMILES string of the molecule is CC(C)CCOc1ccccc1CNC(=O)CNCC1CC1. The Labute approximate surface area is 133 Å². The van der Waals surface area contributed by atoms with Crippen molar-refractivity contribution in [3.05, 3.63) is 29.8 Å². The molecule has 1 aliphatic rings. The molecule has 0 saturated heterocycles. The van der Waals surface area contributed by atoms with E-state index < -0.39 is 0 Å². The molecule has 0 unspecified atom stereocenters. The first kappa shape index (κ1) is 16.8. The van der Waals surface area contributed by atoms with Gasteiger partial charge in [0.1, 0.15) is 5.75 Å². The second-order valence-electron chi connectivity index (χ2n) is 6.49. The maximum atomic E-state index is 11.8. The summed E-state index contributed by atoms with van der Waals surface area (Å²) in [5.41, 5.74) is 1.03. The van der Waals surface area contributed by atoms with Crippen LogP contribution in [0.1, 0.15) is 38.7 Å². The highest BCUT2D eigenvalue weighted by atomic mass is 16.5. The summed E-state index contributed by atoms with van der Waals surface area (Å²) < 4.78 is 5.83. The Morgan fingerprint density at radius 3 is 2.82 bits per heavy atom. The van der Waals surface area contributed by atoms with E-state index in [9.17, 15) is 4.79 Å². The molecule has 1 fully saturated rings. The van der Waals surface area contributed by atoms with Gasteiger partial charge in [-0.3, -0.25) is 4.79 Å². The molecule has 4 nitrogen and oxygen atoms in total. The lowest BCUT2D eigenvalue weighted by Crippen LogP contribution is -2.34. The highest BCUT2D eigenvalue weighted by Crippen LogP contribution is 2.27. The zero-order valence-corrected chi connectivity index (χ0v) is 13.7. The number of amides is 1. The van der Waals surface area contributed by atoms with Crippen LogP contribution in [0.15, 0.2) is 24.3 Å². The molecule has 0 spiro atoms. The van der Waals surface area contributed by atoms with Crippen LogP contribution >= 0.6 is 0 Å². The number of ether oxygens (including phenoxy) is 1. The highest BCUT2D eigenvalue weighted by Gasteiger charge is 2.20. The molecule has 1 aromatic rings. The first-order valence-corrected chi connectivity index (χ1v) is 8.33. The molecule has 0 heterocycles. The molecule has 122 valence electrons. The summed E-state index contributed by atoms with van der Waals surface area (Å²) in [6.07, 6.45) is 3.64. The normalized spacial score (nSPS) is 14.1. The van der Waals surface area contributed by atoms with Crippen molar-refractivity contribution in [2.45, 2.75) is 39.7 Å². The standard InChI is InChI=1S/C18H28N2O2/c1-14(2)9-10-22-17-6-4-3-5-16(17)12-20-18(21)13-19-11-15-7-8-15/h3-6,14-15,19H,7-13H2,1-2H3,(H,20,21). The van der Waals surface area contributed by atoms with E-state index in [4.69, 9.17) is 4.74 Å². The number of hydrogen-bond donors (Lipinski definition) is 2. The summed E-state index contributed by atoms with van der Waals surface area (Å²) in [6.45, 7) is 6.96. The number of hydrogen-bond acceptors (Lipinski definition) is 3. The van der Waals surface area contributed by atoms with Crippen LogP contribution in [0, 0.1) is 11.8 Å². The Balaban J connectivity index is 1.72. The minimum absolute atomic E-state index is 0.0395. The molecule has 4 heteroatoms. The monoisotopic (exact) mass is 304 g/mol. The summed E-state index contributed by atoms with van der Waals surface area (Å²) in [5, 5.41) is 6.15. The number of nitrogens with one attached hydrogen (secondary N) is 2. The van der Waals surface area contributed by atoms with Crippen LogP contribution < -0.4 is 15.4 Å². The van der Waals surface area contributed by atoms with Gasteiger partial charge in [-0.25, -0.2) is 0 Å². The van der Waals surface area contributed by atoms with Gasteiger partial charge in [-0.15, -0.1) is 0 Å². The molecule has 0 bridgehead atoms. The van der Waals surface area contributed by atoms with Gasteiger partial charge < -0.3 is 15.4 Å². The quantitative estimate of drug-likeness (QED) is 0.699. The third kappa shape index (κ3) is 6.48. The highest BCUT2D eigenvalue weighted by molar-refractivity contribution is 5.78. The van der Waals surface area contributed by atoms with E-state index in [-0.39, 0.29) is 5.91 Å². The fourth-order valence-corrected chi connectivity index (χ4v) is 2.16. The molecule has 1 aromatic carbocycles. The van der Waals surface area contributed by atoms with Crippen molar-refractivity contribution < 1.29 is 9.53 Å². The molecular weight excluding hydrogens is 276 g/mol. The molecule has 0 radical (unpaired) electrons. The molecule has 1 saturated carbocycles. The molecule has 0 atom stereocenters. The lowest BCUT2D eigenvalue weighted by atomic mass is 10.1. The van der Waals surface area contributed by atoms with Crippen LogP contribution in [0.4, 0.5) is 0 Å². The third-order valence-corrected chi connectivity index (χ3v) is 3.82. The number of benzene rings is 1. The van der Waals surface area contributed by atoms with Crippen molar-refractivity contribution in [1.82, 2.24) is 10.6 Å². The summed E-state index contributed by atoms with van der Waals surface area (Å²) in [4.78, 5) is 11.8. The van der Waals surface area contributed by atoms with Crippen molar-refractivity contribution in [3.63, 3.8) is 0 Å². The molecule has 1 aliphatic carbocycles. The van der Waals surface area contributed by atoms with Gasteiger partial charge in [-0.05, 0) is 43.7 Å². The zero-order valence-electron chi connectivity index (χ0n) is 13.7. The smallest absolute Gasteiger partial charge is 0.234 e. The summed E-state index contributed by atoms with van der Waals surface area (Å²) >= 11 is 0. The topological polar surface area (TPSA) is 50.4 Å². The van der Waals surface area contributed by atoms with Gasteiger partial charge in [-0.2, -0.15) is 0 Å². The Bertz CT molecular complexity index is 470. The molecule has 1 amide bonds. The van der Waals surface area contributed by atoms with E-state index in [1.165, 1.54) is 12.8 Å². The van der Waals surface area contributed by atoms with Gasteiger partial charge >= 0.3 is 0 Å². The minimum Gasteiger partial charge on any atom is -0.493 e. The predicted octanol–water partition coefficient (Wildman–Crippen LogP) is 2.73. The van der Waals surface area contributed by atoms with E-state index in [1.807, 2.05) is 24.3 Å². The lowest BCUT2D eigenvalue weighted by molar-refractivity contribution is -0.120. The number of para-hydroxylation sites is 1. The summed E-state index contributed by atoms with van der Waals surface area (Å²) in [6, 6.07) is 7.91. The number of carbonyl (C=O) groups is 1. The fraction of sp³-hybridized carbons (Fsp3) is 0.611.